The van der Waals surface area contributed by atoms with Gasteiger partial charge in [0, 0.05) is 73.3 Å². The SMILES string of the molecule is C.C.C.CI.CSC(=S)Nc1cc(Cl)cc(Cl)c1.Clc1cc(Cl)cc(CC2=NCCC2)c1.NCCN.Nc1cc(Cl)cc(Cl)c1.[Cs][Cs].[Na+].[OH-]. The Balaban J connectivity index is -0.0000000944. The Kier molecular flexibility index (Phi) is 63.6. The van der Waals surface area contributed by atoms with E-state index >= 15 is 0 Å². The van der Waals surface area contributed by atoms with Gasteiger partial charge in [-0.25, -0.2) is 0 Å². The molecule has 0 aromatic heterocycles. The molecule has 4 rings (SSSR count). The number of nitrogens with zero attached hydrogens (tertiary/aromatic N) is 1. The first-order valence-corrected chi connectivity index (χ1v) is 71.3. The zero-order valence-corrected chi connectivity index (χ0v) is 49.4. The molecule has 0 aliphatic carbocycles. The zero-order valence-electron chi connectivity index (χ0n) is 26.5. The van der Waals surface area contributed by atoms with Crippen LogP contribution in [0, 0.1) is 0 Å². The van der Waals surface area contributed by atoms with Crippen LogP contribution in [0.15, 0.2) is 59.6 Å². The van der Waals surface area contributed by atoms with Gasteiger partial charge in [-0.15, -0.1) is 11.8 Å². The van der Waals surface area contributed by atoms with Gasteiger partial charge in [-0.3, -0.25) is 4.99 Å². The normalized spacial score (nSPS) is 9.73. The molecule has 8 N–H and O–H groups in total. The standard InChI is InChI=1S/C11H11Cl2N.C8H7Cl2NS2.C6H5Cl2N.C2H8N2.CH3I.3CH4.2Cs.Na.H2O/c12-9-4-8(5-10(13)7-9)6-11-2-1-3-14-11;1-13-8(12)11-7-3-5(9)2-6(10)4-7;7-4-1-5(8)3-6(9)2-4;3-1-2-4;1-2;;;;;;;/h4-5,7H,1-3,6H2;2-4H,1H3,(H,11,12);1-3H,9H2;1-4H2;1H3;3*1H4;;;;1H2/q;;;;;;;;;;+1;/p-1. The summed E-state index contributed by atoms with van der Waals surface area (Å²) in [5, 5.41) is 6.73. The molecule has 6 nitrogen and oxygen atoms in total. The Labute approximate surface area is 425 Å². The molecule has 0 saturated carbocycles. The molecular weight excluding hydrogens is 1150 g/mol. The summed E-state index contributed by atoms with van der Waals surface area (Å²) in [6.07, 6.45) is 5.09. The molecule has 0 spiro atoms. The Morgan fingerprint density at radius 1 is 0.796 bits per heavy atom. The van der Waals surface area contributed by atoms with E-state index in [1.807, 2.05) is 23.3 Å². The number of anilines is 2. The fraction of sp³-hybridized carbons (Fsp3) is 0.355. The van der Waals surface area contributed by atoms with Crippen LogP contribution in [-0.4, -0.2) is 120 Å². The van der Waals surface area contributed by atoms with Crippen molar-refractivity contribution in [2.24, 2.45) is 16.5 Å². The number of halogens is 7. The third-order valence-electron chi connectivity index (χ3n) is 4.64. The monoisotopic (exact) mass is 1190 g/mol. The second-order valence-electron chi connectivity index (χ2n) is 8.06. The molecule has 266 valence electrons. The molecule has 3 aromatic rings. The van der Waals surface area contributed by atoms with Gasteiger partial charge in [-0.1, -0.05) is 127 Å². The minimum Gasteiger partial charge on any atom is -0.870 e. The molecule has 0 radical (unpaired) electrons. The van der Waals surface area contributed by atoms with Gasteiger partial charge in [0.1, 0.15) is 4.32 Å². The van der Waals surface area contributed by atoms with Crippen molar-refractivity contribution in [2.75, 3.05) is 41.9 Å². The Morgan fingerprint density at radius 3 is 1.47 bits per heavy atom. The number of thiocarbonyl (C=S) groups is 1. The van der Waals surface area contributed by atoms with Crippen LogP contribution in [0.1, 0.15) is 40.7 Å². The number of nitrogens with two attached hydrogens (primary N) is 3. The van der Waals surface area contributed by atoms with E-state index in [-0.39, 0.29) is 57.3 Å². The first-order chi connectivity index (χ1) is 20.9. The first kappa shape index (κ1) is 68.5. The van der Waals surface area contributed by atoms with E-state index in [1.54, 1.807) is 42.5 Å². The Bertz CT molecular complexity index is 1200. The Hall–Kier alpha value is 4.82. The smallest absolute Gasteiger partial charge is 0.870 e. The third-order valence-corrected chi connectivity index (χ3v) is 7.02. The predicted octanol–water partition coefficient (Wildman–Crippen LogP) is 8.33. The molecule has 0 atom stereocenters. The van der Waals surface area contributed by atoms with Gasteiger partial charge in [0.2, 0.25) is 0 Å². The number of nitrogen functional groups attached to an aromatic ring is 1. The minimum atomic E-state index is 0. The van der Waals surface area contributed by atoms with Gasteiger partial charge in [0.15, 0.2) is 0 Å². The van der Waals surface area contributed by atoms with E-state index < -0.39 is 0 Å². The third kappa shape index (κ3) is 39.4. The van der Waals surface area contributed by atoms with Crippen LogP contribution >= 0.6 is 116 Å². The van der Waals surface area contributed by atoms with Crippen LogP contribution in [0.5, 0.6) is 0 Å². The van der Waals surface area contributed by atoms with Crippen LogP contribution < -0.4 is 52.1 Å². The quantitative estimate of drug-likeness (QED) is 0.0680. The van der Waals surface area contributed by atoms with Crippen LogP contribution in [0.4, 0.5) is 11.4 Å². The average molecular weight is 1200 g/mol. The summed E-state index contributed by atoms with van der Waals surface area (Å²) in [4.78, 5) is 6.39. The van der Waals surface area contributed by atoms with E-state index in [0.717, 1.165) is 104 Å². The van der Waals surface area contributed by atoms with Crippen molar-refractivity contribution in [3.05, 3.63) is 90.3 Å². The molecule has 0 bridgehead atoms. The number of rotatable bonds is 4. The summed E-state index contributed by atoms with van der Waals surface area (Å²) in [6.45, 7) is 2.17. The van der Waals surface area contributed by atoms with Crippen molar-refractivity contribution in [3.8, 4) is 0 Å². The molecule has 0 amide bonds. The van der Waals surface area contributed by atoms with E-state index in [1.165, 1.54) is 23.9 Å². The Morgan fingerprint density at radius 2 is 1.16 bits per heavy atom. The summed E-state index contributed by atoms with van der Waals surface area (Å²) in [7, 11) is 0. The summed E-state index contributed by atoms with van der Waals surface area (Å²) in [5.41, 5.74) is 19.0. The molecule has 1 aliphatic rings. The molecular formula is C31H47Cl6Cs2IN5NaOS2. The second kappa shape index (κ2) is 45.5. The fourth-order valence-electron chi connectivity index (χ4n) is 3.06. The molecule has 18 heteroatoms. The van der Waals surface area contributed by atoms with Gasteiger partial charge in [-0.05, 0) is 84.2 Å². The van der Waals surface area contributed by atoms with Crippen molar-refractivity contribution in [2.45, 2.75) is 41.5 Å². The molecule has 49 heavy (non-hydrogen) atoms. The van der Waals surface area contributed by atoms with Crippen LogP contribution in [0.3, 0.4) is 0 Å². The number of thioether (sulfide) groups is 1. The minimum absolute atomic E-state index is 0. The van der Waals surface area contributed by atoms with Gasteiger partial charge in [-0.2, -0.15) is 0 Å². The van der Waals surface area contributed by atoms with Gasteiger partial charge >= 0.3 is 103 Å². The topological polar surface area (TPSA) is 132 Å². The molecule has 0 unspecified atom stereocenters. The summed E-state index contributed by atoms with van der Waals surface area (Å²) < 4.78 is 0.693. The maximum Gasteiger partial charge on any atom is 1.00 e. The van der Waals surface area contributed by atoms with Crippen molar-refractivity contribution in [1.29, 1.82) is 0 Å². The summed E-state index contributed by atoms with van der Waals surface area (Å²) in [5.74, 6) is 0. The average Bonchev–Trinajstić information content (AvgIpc) is 3.47. The van der Waals surface area contributed by atoms with Gasteiger partial charge in [0.25, 0.3) is 0 Å². The van der Waals surface area contributed by atoms with Crippen molar-refractivity contribution in [1.82, 2.24) is 0 Å². The molecule has 0 saturated heterocycles. The number of hydrogen-bond donors (Lipinski definition) is 4. The number of aliphatic imine (C=N–C) groups is 1. The zero-order chi connectivity index (χ0) is 34.1. The maximum absolute atomic E-state index is 5.91. The fourth-order valence-corrected chi connectivity index (χ4v) is 5.04. The van der Waals surface area contributed by atoms with E-state index in [2.05, 4.69) is 32.9 Å². The van der Waals surface area contributed by atoms with Gasteiger partial charge < -0.3 is 28.0 Å². The molecule has 1 heterocycles. The van der Waals surface area contributed by atoms with Crippen molar-refractivity contribution in [3.63, 3.8) is 0 Å². The van der Waals surface area contributed by atoms with E-state index in [0.29, 0.717) is 53.2 Å². The number of alkyl halides is 1. The molecule has 3 aromatic carbocycles. The number of nitrogens with one attached hydrogen (secondary N) is 1. The van der Waals surface area contributed by atoms with E-state index in [4.69, 9.17) is 99.0 Å². The van der Waals surface area contributed by atoms with Crippen LogP contribution in [0.2, 0.25) is 30.1 Å². The second-order valence-corrected chi connectivity index (χ2v) is 12.2. The van der Waals surface area contributed by atoms with E-state index in [9.17, 15) is 0 Å². The maximum atomic E-state index is 5.91. The molecule has 0 fully saturated rings. The van der Waals surface area contributed by atoms with Crippen molar-refractivity contribution >= 4 is 211 Å². The van der Waals surface area contributed by atoms with Gasteiger partial charge in [0.05, 0.1) is 0 Å². The largest absolute Gasteiger partial charge is 1.00 e. The number of hydrogen-bond acceptors (Lipinski definition) is 7. The molecule has 1 aliphatic heterocycles. The predicted molar refractivity (Wildman–Crippen MR) is 240 cm³/mol. The summed E-state index contributed by atoms with van der Waals surface area (Å²) >= 11 is 45.4. The summed E-state index contributed by atoms with van der Waals surface area (Å²) in [6, 6.07) is 15.8. The van der Waals surface area contributed by atoms with Crippen LogP contribution in [0.25, 0.3) is 0 Å². The number of benzene rings is 3. The van der Waals surface area contributed by atoms with Crippen LogP contribution in [-0.2, 0) is 6.42 Å². The first-order valence-electron chi connectivity index (χ1n) is 13.2. The van der Waals surface area contributed by atoms with Crippen molar-refractivity contribution < 1.29 is 35.0 Å².